The quantitative estimate of drug-likeness (QED) is 0.662. The van der Waals surface area contributed by atoms with Crippen LogP contribution < -0.4 is 5.32 Å². The predicted molar refractivity (Wildman–Crippen MR) is 51.6 cm³/mol. The Morgan fingerprint density at radius 1 is 1.33 bits per heavy atom. The smallest absolute Gasteiger partial charge is 0.151 e. The van der Waals surface area contributed by atoms with Gasteiger partial charge in [-0.15, -0.1) is 5.73 Å². The second-order valence-corrected chi connectivity index (χ2v) is 3.83. The topological polar surface area (TPSA) is 12.0 Å². The summed E-state index contributed by atoms with van der Waals surface area (Å²) in [7, 11) is 0. The van der Waals surface area contributed by atoms with Crippen molar-refractivity contribution in [2.75, 3.05) is 6.54 Å². The highest BCUT2D eigenvalue weighted by atomic mass is 19.1. The standard InChI is InChI=1S/C11H12F3N/c12-7-1-3-9(10(14)5-7)11-4-2-8(13)6-15-11/h1,5,8,10-11,15H,2,4,6H2. The van der Waals surface area contributed by atoms with E-state index in [9.17, 15) is 13.2 Å². The van der Waals surface area contributed by atoms with E-state index in [1.165, 1.54) is 0 Å². The maximum absolute atomic E-state index is 13.4. The second kappa shape index (κ2) is 4.25. The molecule has 0 radical (unpaired) electrons. The van der Waals surface area contributed by atoms with Crippen molar-refractivity contribution in [1.82, 2.24) is 5.32 Å². The van der Waals surface area contributed by atoms with Gasteiger partial charge in [0.05, 0.1) is 0 Å². The number of allylic oxidation sites excluding steroid dienone is 2. The van der Waals surface area contributed by atoms with E-state index in [4.69, 9.17) is 0 Å². The Bertz CT molecular complexity index is 334. The molecule has 0 aromatic rings. The van der Waals surface area contributed by atoms with Crippen LogP contribution in [0.25, 0.3) is 0 Å². The lowest BCUT2D eigenvalue weighted by Crippen LogP contribution is -2.42. The first-order chi connectivity index (χ1) is 7.16. The molecule has 1 fully saturated rings. The molecule has 1 N–H and O–H groups in total. The normalized spacial score (nSPS) is 36.1. The monoisotopic (exact) mass is 215 g/mol. The summed E-state index contributed by atoms with van der Waals surface area (Å²) in [6, 6.07) is -0.215. The van der Waals surface area contributed by atoms with Crippen LogP contribution in [-0.2, 0) is 0 Å². The summed E-state index contributed by atoms with van der Waals surface area (Å²) >= 11 is 0. The summed E-state index contributed by atoms with van der Waals surface area (Å²) in [6.45, 7) is 0.231. The lowest BCUT2D eigenvalue weighted by Gasteiger charge is -2.28. The number of hydrogen-bond acceptors (Lipinski definition) is 1. The Balaban J connectivity index is 2.09. The first-order valence-electron chi connectivity index (χ1n) is 5.02. The van der Waals surface area contributed by atoms with Crippen LogP contribution in [-0.4, -0.2) is 24.9 Å². The molecule has 1 aliphatic heterocycles. The zero-order valence-electron chi connectivity index (χ0n) is 8.14. The van der Waals surface area contributed by atoms with Gasteiger partial charge in [-0.1, -0.05) is 0 Å². The molecule has 1 aliphatic carbocycles. The van der Waals surface area contributed by atoms with Gasteiger partial charge in [-0.3, -0.25) is 0 Å². The fourth-order valence-corrected chi connectivity index (χ4v) is 1.89. The molecular weight excluding hydrogens is 203 g/mol. The summed E-state index contributed by atoms with van der Waals surface area (Å²) in [6.07, 6.45) is 0.682. The second-order valence-electron chi connectivity index (χ2n) is 3.83. The average Bonchev–Trinajstić information content (AvgIpc) is 2.20. The highest BCUT2D eigenvalue weighted by Gasteiger charge is 2.27. The number of hydrogen-bond donors (Lipinski definition) is 1. The van der Waals surface area contributed by atoms with E-state index in [0.717, 1.165) is 12.2 Å². The first-order valence-corrected chi connectivity index (χ1v) is 5.02. The Labute approximate surface area is 86.4 Å². The molecule has 0 amide bonds. The Morgan fingerprint density at radius 3 is 2.73 bits per heavy atom. The van der Waals surface area contributed by atoms with Crippen molar-refractivity contribution in [3.05, 3.63) is 29.3 Å². The lowest BCUT2D eigenvalue weighted by molar-refractivity contribution is 0.237. The molecule has 2 aliphatic rings. The SMILES string of the molecule is FC1=CC(F)C(C2CCC(F)CN2)=C=C1. The van der Waals surface area contributed by atoms with E-state index in [-0.39, 0.29) is 12.6 Å². The molecule has 3 unspecified atom stereocenters. The molecule has 3 atom stereocenters. The van der Waals surface area contributed by atoms with Gasteiger partial charge < -0.3 is 5.32 Å². The molecule has 0 aromatic heterocycles. The molecule has 0 bridgehead atoms. The summed E-state index contributed by atoms with van der Waals surface area (Å²) in [5, 5.41) is 2.90. The van der Waals surface area contributed by atoms with Crippen LogP contribution in [0.3, 0.4) is 0 Å². The zero-order valence-corrected chi connectivity index (χ0v) is 8.14. The summed E-state index contributed by atoms with van der Waals surface area (Å²) in [5.41, 5.74) is 2.97. The molecule has 0 saturated carbocycles. The van der Waals surface area contributed by atoms with Crippen molar-refractivity contribution >= 4 is 0 Å². The molecular formula is C11H12F3N. The van der Waals surface area contributed by atoms with Crippen LogP contribution in [0.4, 0.5) is 13.2 Å². The summed E-state index contributed by atoms with van der Waals surface area (Å²) in [5.74, 6) is -0.606. The summed E-state index contributed by atoms with van der Waals surface area (Å²) < 4.78 is 38.9. The lowest BCUT2D eigenvalue weighted by atomic mass is 9.92. The van der Waals surface area contributed by atoms with Crippen molar-refractivity contribution in [1.29, 1.82) is 0 Å². The molecule has 0 aromatic carbocycles. The maximum atomic E-state index is 13.4. The van der Waals surface area contributed by atoms with Crippen LogP contribution in [0.15, 0.2) is 29.3 Å². The minimum atomic E-state index is -1.44. The van der Waals surface area contributed by atoms with E-state index < -0.39 is 18.2 Å². The molecule has 2 rings (SSSR count). The Kier molecular flexibility index (Phi) is 2.98. The number of rotatable bonds is 1. The van der Waals surface area contributed by atoms with Gasteiger partial charge in [0.15, 0.2) is 6.17 Å². The fourth-order valence-electron chi connectivity index (χ4n) is 1.89. The minimum absolute atomic E-state index is 0.215. The van der Waals surface area contributed by atoms with Crippen LogP contribution in [0.1, 0.15) is 12.8 Å². The van der Waals surface area contributed by atoms with Gasteiger partial charge in [0.25, 0.3) is 0 Å². The first kappa shape index (κ1) is 10.5. The maximum Gasteiger partial charge on any atom is 0.151 e. The van der Waals surface area contributed by atoms with Gasteiger partial charge in [-0.05, 0) is 18.9 Å². The fraction of sp³-hybridized carbons (Fsp3) is 0.545. The van der Waals surface area contributed by atoms with Crippen LogP contribution in [0.5, 0.6) is 0 Å². The van der Waals surface area contributed by atoms with E-state index in [1.54, 1.807) is 0 Å². The van der Waals surface area contributed by atoms with Crippen LogP contribution in [0.2, 0.25) is 0 Å². The molecule has 1 saturated heterocycles. The van der Waals surface area contributed by atoms with Gasteiger partial charge >= 0.3 is 0 Å². The third-order valence-corrected chi connectivity index (χ3v) is 2.71. The van der Waals surface area contributed by atoms with Crippen LogP contribution >= 0.6 is 0 Å². The van der Waals surface area contributed by atoms with Crippen molar-refractivity contribution in [2.45, 2.75) is 31.2 Å². The molecule has 1 heterocycles. The molecule has 82 valence electrons. The van der Waals surface area contributed by atoms with Gasteiger partial charge in [-0.2, -0.15) is 0 Å². The molecule has 1 nitrogen and oxygen atoms in total. The third kappa shape index (κ3) is 2.33. The van der Waals surface area contributed by atoms with Crippen LogP contribution in [0, 0.1) is 0 Å². The molecule has 4 heteroatoms. The van der Waals surface area contributed by atoms with E-state index >= 15 is 0 Å². The van der Waals surface area contributed by atoms with Gasteiger partial charge in [0.1, 0.15) is 12.0 Å². The highest BCUT2D eigenvalue weighted by Crippen LogP contribution is 2.24. The average molecular weight is 215 g/mol. The van der Waals surface area contributed by atoms with Crippen molar-refractivity contribution in [2.24, 2.45) is 0 Å². The zero-order chi connectivity index (χ0) is 10.8. The molecule has 0 spiro atoms. The van der Waals surface area contributed by atoms with Crippen molar-refractivity contribution in [3.63, 3.8) is 0 Å². The largest absolute Gasteiger partial charge is 0.307 e. The minimum Gasteiger partial charge on any atom is -0.307 e. The van der Waals surface area contributed by atoms with Gasteiger partial charge in [-0.25, -0.2) is 13.2 Å². The van der Waals surface area contributed by atoms with E-state index in [2.05, 4.69) is 11.0 Å². The number of halogens is 3. The number of alkyl halides is 2. The Morgan fingerprint density at radius 2 is 2.13 bits per heavy atom. The Hall–Kier alpha value is -0.990. The molecule has 15 heavy (non-hydrogen) atoms. The number of piperidine rings is 1. The van der Waals surface area contributed by atoms with Crippen molar-refractivity contribution in [3.8, 4) is 0 Å². The van der Waals surface area contributed by atoms with Gasteiger partial charge in [0.2, 0.25) is 0 Å². The predicted octanol–water partition coefficient (Wildman–Crippen LogP) is 2.36. The van der Waals surface area contributed by atoms with E-state index in [0.29, 0.717) is 18.4 Å². The van der Waals surface area contributed by atoms with Crippen molar-refractivity contribution < 1.29 is 13.2 Å². The summed E-state index contributed by atoms with van der Waals surface area (Å²) in [4.78, 5) is 0. The van der Waals surface area contributed by atoms with Gasteiger partial charge in [0, 0.05) is 24.2 Å². The third-order valence-electron chi connectivity index (χ3n) is 2.71. The van der Waals surface area contributed by atoms with E-state index in [1.807, 2.05) is 0 Å². The number of nitrogens with one attached hydrogen (secondary N) is 1. The highest BCUT2D eigenvalue weighted by molar-refractivity contribution is 5.31.